The van der Waals surface area contributed by atoms with Gasteiger partial charge in [-0.3, -0.25) is 0 Å². The first-order valence-corrected chi connectivity index (χ1v) is 4.05. The Morgan fingerprint density at radius 2 is 2.17 bits per heavy atom. The molecule has 0 bridgehead atoms. The molecule has 72 valence electrons. The number of epoxide rings is 1. The number of rotatable bonds is 2. The summed E-state index contributed by atoms with van der Waals surface area (Å²) in [6.07, 6.45) is 0.190. The van der Waals surface area contributed by atoms with Crippen LogP contribution in [0.3, 0.4) is 0 Å². The minimum absolute atomic E-state index is 0.0417. The van der Waals surface area contributed by atoms with Crippen molar-refractivity contribution in [2.24, 2.45) is 0 Å². The van der Waals surface area contributed by atoms with Crippen LogP contribution in [0.2, 0.25) is 0 Å². The van der Waals surface area contributed by atoms with Crippen LogP contribution in [0.5, 0.6) is 0 Å². The van der Waals surface area contributed by atoms with Gasteiger partial charge >= 0.3 is 0 Å². The Kier molecular flexibility index (Phi) is 3.46. The molecule has 0 aliphatic carbocycles. The van der Waals surface area contributed by atoms with Crippen molar-refractivity contribution >= 4 is 0 Å². The van der Waals surface area contributed by atoms with E-state index < -0.39 is 0 Å². The topological polar surface area (TPSA) is 51.2 Å². The molecule has 12 heavy (non-hydrogen) atoms. The van der Waals surface area contributed by atoms with Crippen LogP contribution >= 0.6 is 0 Å². The van der Waals surface area contributed by atoms with Gasteiger partial charge in [-0.15, -0.1) is 0 Å². The molecule has 2 rings (SSSR count). The molecule has 2 heterocycles. The predicted octanol–water partition coefficient (Wildman–Crippen LogP) is -0.201. The van der Waals surface area contributed by atoms with E-state index in [1.165, 1.54) is 0 Å². The molecule has 0 saturated carbocycles. The van der Waals surface area contributed by atoms with E-state index in [4.69, 9.17) is 14.6 Å². The van der Waals surface area contributed by atoms with Crippen molar-refractivity contribution in [1.82, 2.24) is 0 Å². The number of aliphatic hydroxyl groups is 1. The Hall–Kier alpha value is -0.160. The van der Waals surface area contributed by atoms with Gasteiger partial charge < -0.3 is 19.3 Å². The number of hydrogen-bond donors (Lipinski definition) is 1. The lowest BCUT2D eigenvalue weighted by molar-refractivity contribution is -0.184. The molecule has 4 heteroatoms. The van der Waals surface area contributed by atoms with Crippen LogP contribution in [0.15, 0.2) is 0 Å². The van der Waals surface area contributed by atoms with Gasteiger partial charge in [0.25, 0.3) is 0 Å². The fourth-order valence-corrected chi connectivity index (χ4v) is 0.681. The maximum absolute atomic E-state index is 8.08. The summed E-state index contributed by atoms with van der Waals surface area (Å²) in [5, 5.41) is 8.08. The molecule has 0 radical (unpaired) electrons. The molecule has 0 amide bonds. The first-order chi connectivity index (χ1) is 5.70. The molecule has 0 spiro atoms. The number of aliphatic hydroxyl groups excluding tert-OH is 1. The molecule has 1 atom stereocenters. The quantitative estimate of drug-likeness (QED) is 0.592. The zero-order valence-corrected chi connectivity index (χ0v) is 7.58. The van der Waals surface area contributed by atoms with Gasteiger partial charge in [0.2, 0.25) is 0 Å². The van der Waals surface area contributed by atoms with Crippen LogP contribution in [0.25, 0.3) is 0 Å². The maximum Gasteiger partial charge on any atom is 0.111 e. The van der Waals surface area contributed by atoms with Gasteiger partial charge in [0.15, 0.2) is 0 Å². The largest absolute Gasteiger partial charge is 0.394 e. The second-order valence-electron chi connectivity index (χ2n) is 3.28. The predicted molar refractivity (Wildman–Crippen MR) is 43.1 cm³/mol. The van der Waals surface area contributed by atoms with Crippen LogP contribution < -0.4 is 0 Å². The summed E-state index contributed by atoms with van der Waals surface area (Å²) < 4.78 is 14.6. The van der Waals surface area contributed by atoms with Crippen LogP contribution in [-0.2, 0) is 14.2 Å². The highest BCUT2D eigenvalue weighted by Crippen LogP contribution is 2.18. The van der Waals surface area contributed by atoms with E-state index in [2.05, 4.69) is 4.74 Å². The molecule has 0 aromatic heterocycles. The van der Waals surface area contributed by atoms with Gasteiger partial charge in [-0.25, -0.2) is 0 Å². The summed E-state index contributed by atoms with van der Waals surface area (Å²) in [5.74, 6) is 0. The number of ether oxygens (including phenoxy) is 3. The van der Waals surface area contributed by atoms with Crippen molar-refractivity contribution in [3.63, 3.8) is 0 Å². The van der Waals surface area contributed by atoms with Crippen molar-refractivity contribution in [1.29, 1.82) is 0 Å². The molecule has 0 aromatic rings. The lowest BCUT2D eigenvalue weighted by atomic mass is 10.1. The third kappa shape index (κ3) is 3.06. The first-order valence-electron chi connectivity index (χ1n) is 4.05. The Bertz CT molecular complexity index is 124. The highest BCUT2D eigenvalue weighted by Gasteiger charge is 2.32. The van der Waals surface area contributed by atoms with Crippen molar-refractivity contribution < 1.29 is 19.3 Å². The Labute approximate surface area is 72.4 Å². The van der Waals surface area contributed by atoms with E-state index in [-0.39, 0.29) is 18.3 Å². The summed E-state index contributed by atoms with van der Waals surface area (Å²) in [7, 11) is 1.71. The molecule has 2 aliphatic rings. The van der Waals surface area contributed by atoms with Gasteiger partial charge in [0.05, 0.1) is 26.4 Å². The Balaban J connectivity index is 0.000000127. The lowest BCUT2D eigenvalue weighted by Crippen LogP contribution is -2.48. The lowest BCUT2D eigenvalue weighted by Gasteiger charge is -2.36. The molecule has 2 saturated heterocycles. The normalized spacial score (nSPS) is 29.8. The summed E-state index contributed by atoms with van der Waals surface area (Å²) >= 11 is 0. The highest BCUT2D eigenvalue weighted by molar-refractivity contribution is 4.80. The van der Waals surface area contributed by atoms with Crippen LogP contribution in [-0.4, -0.2) is 50.3 Å². The molecule has 4 nitrogen and oxygen atoms in total. The zero-order valence-electron chi connectivity index (χ0n) is 7.58. The van der Waals surface area contributed by atoms with E-state index in [0.717, 1.165) is 19.8 Å². The second-order valence-corrected chi connectivity index (χ2v) is 3.28. The fraction of sp³-hybridized carbons (Fsp3) is 1.00. The smallest absolute Gasteiger partial charge is 0.111 e. The maximum atomic E-state index is 8.08. The minimum Gasteiger partial charge on any atom is -0.394 e. The van der Waals surface area contributed by atoms with E-state index in [9.17, 15) is 0 Å². The summed E-state index contributed by atoms with van der Waals surface area (Å²) in [4.78, 5) is 0. The third-order valence-corrected chi connectivity index (χ3v) is 1.91. The first kappa shape index (κ1) is 9.92. The van der Waals surface area contributed by atoms with Gasteiger partial charge in [0, 0.05) is 7.11 Å². The Morgan fingerprint density at radius 3 is 2.17 bits per heavy atom. The third-order valence-electron chi connectivity index (χ3n) is 1.91. The molecular weight excluding hydrogens is 160 g/mol. The van der Waals surface area contributed by atoms with Gasteiger partial charge in [-0.2, -0.15) is 0 Å². The van der Waals surface area contributed by atoms with Crippen LogP contribution in [0.1, 0.15) is 6.92 Å². The van der Waals surface area contributed by atoms with Gasteiger partial charge in [-0.05, 0) is 6.92 Å². The Morgan fingerprint density at radius 1 is 1.58 bits per heavy atom. The molecule has 0 aromatic carbocycles. The van der Waals surface area contributed by atoms with E-state index in [0.29, 0.717) is 0 Å². The highest BCUT2D eigenvalue weighted by atomic mass is 16.6. The van der Waals surface area contributed by atoms with E-state index in [1.807, 2.05) is 6.92 Å². The minimum atomic E-state index is 0.0417. The molecule has 1 unspecified atom stereocenters. The number of hydrogen-bond acceptors (Lipinski definition) is 4. The average molecular weight is 176 g/mol. The van der Waals surface area contributed by atoms with Crippen molar-refractivity contribution in [3.8, 4) is 0 Å². The second kappa shape index (κ2) is 4.18. The van der Waals surface area contributed by atoms with Crippen molar-refractivity contribution in [2.75, 3.05) is 33.5 Å². The van der Waals surface area contributed by atoms with Crippen molar-refractivity contribution in [3.05, 3.63) is 0 Å². The average Bonchev–Trinajstić information content (AvgIpc) is 2.84. The zero-order chi connectivity index (χ0) is 9.03. The van der Waals surface area contributed by atoms with Gasteiger partial charge in [0.1, 0.15) is 11.7 Å². The SMILES string of the molecule is COC1(C)COC1.OCC1CO1. The number of methoxy groups -OCH3 is 1. The molecule has 2 fully saturated rings. The standard InChI is InChI=1S/C5H10O2.C3H6O2/c1-5(6-2)3-7-4-5;4-1-3-2-5-3/h3-4H2,1-2H3;3-4H,1-2H2. The summed E-state index contributed by atoms with van der Waals surface area (Å²) in [6, 6.07) is 0. The van der Waals surface area contributed by atoms with E-state index >= 15 is 0 Å². The van der Waals surface area contributed by atoms with Crippen LogP contribution in [0, 0.1) is 0 Å². The molecule has 1 N–H and O–H groups in total. The fourth-order valence-electron chi connectivity index (χ4n) is 0.681. The molecule has 2 aliphatic heterocycles. The van der Waals surface area contributed by atoms with Crippen molar-refractivity contribution in [2.45, 2.75) is 18.6 Å². The summed E-state index contributed by atoms with van der Waals surface area (Å²) in [5.41, 5.74) is 0.0417. The van der Waals surface area contributed by atoms with E-state index in [1.54, 1.807) is 7.11 Å². The monoisotopic (exact) mass is 176 g/mol. The van der Waals surface area contributed by atoms with Crippen LogP contribution in [0.4, 0.5) is 0 Å². The summed E-state index contributed by atoms with van der Waals surface area (Å²) in [6.45, 7) is 4.50. The molecular formula is C8H16O4. The van der Waals surface area contributed by atoms with Gasteiger partial charge in [-0.1, -0.05) is 0 Å².